The summed E-state index contributed by atoms with van der Waals surface area (Å²) in [6.45, 7) is 1.56. The van der Waals surface area contributed by atoms with Gasteiger partial charge in [-0.2, -0.15) is 0 Å². The normalized spacial score (nSPS) is 12.3. The molecule has 5 nitrogen and oxygen atoms in total. The van der Waals surface area contributed by atoms with Gasteiger partial charge in [-0.05, 0) is 24.4 Å². The van der Waals surface area contributed by atoms with E-state index in [1.54, 1.807) is 7.11 Å². The van der Waals surface area contributed by atoms with Crippen molar-refractivity contribution in [2.24, 2.45) is 0 Å². The maximum atomic E-state index is 5.27. The second-order valence-electron chi connectivity index (χ2n) is 3.44. The summed E-state index contributed by atoms with van der Waals surface area (Å²) in [5, 5.41) is 6.64. The number of benzene rings is 1. The van der Waals surface area contributed by atoms with Crippen LogP contribution in [0.4, 0.5) is 5.69 Å². The molecule has 1 aromatic rings. The Hall–Kier alpha value is -1.53. The third-order valence-corrected chi connectivity index (χ3v) is 2.47. The monoisotopic (exact) mass is 254 g/mol. The molecule has 1 aliphatic heterocycles. The van der Waals surface area contributed by atoms with Gasteiger partial charge in [0.2, 0.25) is 6.79 Å². The number of methoxy groups -OCH3 is 1. The number of nitrogens with one attached hydrogen (secondary N) is 2. The number of hydrogen-bond donors (Lipinski definition) is 2. The molecule has 0 amide bonds. The van der Waals surface area contributed by atoms with Gasteiger partial charge in [-0.3, -0.25) is 0 Å². The lowest BCUT2D eigenvalue weighted by Gasteiger charge is -2.10. The lowest BCUT2D eigenvalue weighted by atomic mass is 10.3. The number of anilines is 1. The second kappa shape index (κ2) is 5.70. The number of hydrogen-bond acceptors (Lipinski definition) is 4. The van der Waals surface area contributed by atoms with Crippen LogP contribution in [0.5, 0.6) is 11.5 Å². The Labute approximate surface area is 105 Å². The summed E-state index contributed by atoms with van der Waals surface area (Å²) < 4.78 is 15.4. The highest BCUT2D eigenvalue weighted by Gasteiger charge is 2.13. The van der Waals surface area contributed by atoms with Crippen LogP contribution in [0.25, 0.3) is 0 Å². The third kappa shape index (κ3) is 3.21. The first-order valence-corrected chi connectivity index (χ1v) is 5.64. The molecule has 6 heteroatoms. The molecule has 0 aromatic heterocycles. The van der Waals surface area contributed by atoms with Gasteiger partial charge in [0.25, 0.3) is 0 Å². The summed E-state index contributed by atoms with van der Waals surface area (Å²) in [6, 6.07) is 5.59. The van der Waals surface area contributed by atoms with E-state index in [9.17, 15) is 0 Å². The lowest BCUT2D eigenvalue weighted by molar-refractivity contribution is 0.174. The number of fused-ring (bicyclic) bond motifs is 1. The van der Waals surface area contributed by atoms with Crippen LogP contribution < -0.4 is 20.1 Å². The Balaban J connectivity index is 1.88. The number of ether oxygens (including phenoxy) is 3. The molecule has 0 fully saturated rings. The van der Waals surface area contributed by atoms with E-state index in [0.29, 0.717) is 18.3 Å². The minimum absolute atomic E-state index is 0.273. The van der Waals surface area contributed by atoms with Crippen LogP contribution in [0, 0.1) is 0 Å². The molecule has 0 saturated heterocycles. The van der Waals surface area contributed by atoms with Gasteiger partial charge in [0.1, 0.15) is 0 Å². The van der Waals surface area contributed by atoms with Gasteiger partial charge in [0, 0.05) is 25.4 Å². The molecular formula is C11H14N2O3S. The summed E-state index contributed by atoms with van der Waals surface area (Å²) in [5.41, 5.74) is 0.865. The fourth-order valence-corrected chi connectivity index (χ4v) is 1.64. The van der Waals surface area contributed by atoms with Gasteiger partial charge in [-0.25, -0.2) is 0 Å². The fourth-order valence-electron chi connectivity index (χ4n) is 1.42. The molecule has 0 bridgehead atoms. The predicted octanol–water partition coefficient (Wildman–Crippen LogP) is 1.35. The SMILES string of the molecule is COCCNC(=S)Nc1ccc2c(c1)OCO2. The average molecular weight is 254 g/mol. The zero-order chi connectivity index (χ0) is 12.1. The van der Waals surface area contributed by atoms with Crippen LogP contribution in [0.15, 0.2) is 18.2 Å². The zero-order valence-corrected chi connectivity index (χ0v) is 10.3. The molecule has 0 atom stereocenters. The number of thiocarbonyl (C=S) groups is 1. The van der Waals surface area contributed by atoms with Gasteiger partial charge < -0.3 is 24.8 Å². The maximum absolute atomic E-state index is 5.27. The molecule has 0 aliphatic carbocycles. The first-order chi connectivity index (χ1) is 8.29. The molecule has 1 heterocycles. The first kappa shape index (κ1) is 11.9. The van der Waals surface area contributed by atoms with Gasteiger partial charge in [-0.15, -0.1) is 0 Å². The summed E-state index contributed by atoms with van der Waals surface area (Å²) in [5.74, 6) is 1.49. The first-order valence-electron chi connectivity index (χ1n) is 5.23. The van der Waals surface area contributed by atoms with E-state index in [2.05, 4.69) is 10.6 Å². The van der Waals surface area contributed by atoms with Crippen LogP contribution in [0.2, 0.25) is 0 Å². The largest absolute Gasteiger partial charge is 0.454 e. The predicted molar refractivity (Wildman–Crippen MR) is 68.7 cm³/mol. The highest BCUT2D eigenvalue weighted by Crippen LogP contribution is 2.34. The molecule has 0 spiro atoms. The third-order valence-electron chi connectivity index (χ3n) is 2.22. The quantitative estimate of drug-likeness (QED) is 0.625. The van der Waals surface area contributed by atoms with E-state index in [-0.39, 0.29) is 6.79 Å². The molecule has 92 valence electrons. The van der Waals surface area contributed by atoms with Gasteiger partial charge in [-0.1, -0.05) is 0 Å². The smallest absolute Gasteiger partial charge is 0.231 e. The molecule has 0 saturated carbocycles. The Kier molecular flexibility index (Phi) is 4.00. The van der Waals surface area contributed by atoms with Gasteiger partial charge >= 0.3 is 0 Å². The summed E-state index contributed by atoms with van der Waals surface area (Å²) in [4.78, 5) is 0. The van der Waals surface area contributed by atoms with Crippen LogP contribution in [-0.4, -0.2) is 32.2 Å². The van der Waals surface area contributed by atoms with Crippen molar-refractivity contribution >= 4 is 23.0 Å². The highest BCUT2D eigenvalue weighted by atomic mass is 32.1. The Morgan fingerprint density at radius 3 is 3.06 bits per heavy atom. The van der Waals surface area contributed by atoms with Crippen molar-refractivity contribution in [3.8, 4) is 11.5 Å². The van der Waals surface area contributed by atoms with E-state index in [0.717, 1.165) is 17.2 Å². The maximum Gasteiger partial charge on any atom is 0.231 e. The standard InChI is InChI=1S/C11H14N2O3S/c1-14-5-4-12-11(17)13-8-2-3-9-10(6-8)16-7-15-9/h2-3,6H,4-5,7H2,1H3,(H2,12,13,17). The molecule has 1 aliphatic rings. The van der Waals surface area contributed by atoms with Crippen molar-refractivity contribution in [1.82, 2.24) is 5.32 Å². The molecular weight excluding hydrogens is 240 g/mol. The topological polar surface area (TPSA) is 51.8 Å². The van der Waals surface area contributed by atoms with Crippen LogP contribution in [0.1, 0.15) is 0 Å². The van der Waals surface area contributed by atoms with Gasteiger partial charge in [0.05, 0.1) is 6.61 Å². The lowest BCUT2D eigenvalue weighted by Crippen LogP contribution is -2.31. The van der Waals surface area contributed by atoms with Crippen molar-refractivity contribution in [2.45, 2.75) is 0 Å². The number of rotatable bonds is 4. The molecule has 0 unspecified atom stereocenters. The molecule has 17 heavy (non-hydrogen) atoms. The van der Waals surface area contributed by atoms with E-state index in [4.69, 9.17) is 26.4 Å². The minimum Gasteiger partial charge on any atom is -0.454 e. The van der Waals surface area contributed by atoms with E-state index >= 15 is 0 Å². The molecule has 2 rings (SSSR count). The summed E-state index contributed by atoms with van der Waals surface area (Å²) in [6.07, 6.45) is 0. The molecule has 0 radical (unpaired) electrons. The van der Waals surface area contributed by atoms with Crippen LogP contribution in [-0.2, 0) is 4.74 Å². The Bertz CT molecular complexity index is 412. The minimum atomic E-state index is 0.273. The summed E-state index contributed by atoms with van der Waals surface area (Å²) in [7, 11) is 1.65. The van der Waals surface area contributed by atoms with E-state index < -0.39 is 0 Å². The fraction of sp³-hybridized carbons (Fsp3) is 0.364. The second-order valence-corrected chi connectivity index (χ2v) is 3.85. The van der Waals surface area contributed by atoms with Gasteiger partial charge in [0.15, 0.2) is 16.6 Å². The molecule has 2 N–H and O–H groups in total. The average Bonchev–Trinajstić information content (AvgIpc) is 2.76. The highest BCUT2D eigenvalue weighted by molar-refractivity contribution is 7.80. The van der Waals surface area contributed by atoms with Crippen molar-refractivity contribution < 1.29 is 14.2 Å². The van der Waals surface area contributed by atoms with Crippen molar-refractivity contribution in [2.75, 3.05) is 32.4 Å². The van der Waals surface area contributed by atoms with Crippen molar-refractivity contribution in [1.29, 1.82) is 0 Å². The van der Waals surface area contributed by atoms with Crippen LogP contribution >= 0.6 is 12.2 Å². The van der Waals surface area contributed by atoms with E-state index in [1.165, 1.54) is 0 Å². The zero-order valence-electron chi connectivity index (χ0n) is 9.49. The molecule has 1 aromatic carbocycles. The van der Waals surface area contributed by atoms with Crippen molar-refractivity contribution in [3.05, 3.63) is 18.2 Å². The van der Waals surface area contributed by atoms with E-state index in [1.807, 2.05) is 18.2 Å². The Morgan fingerprint density at radius 1 is 1.41 bits per heavy atom. The Morgan fingerprint density at radius 2 is 2.24 bits per heavy atom. The summed E-state index contributed by atoms with van der Waals surface area (Å²) >= 11 is 5.13. The van der Waals surface area contributed by atoms with Crippen LogP contribution in [0.3, 0.4) is 0 Å². The van der Waals surface area contributed by atoms with Crippen molar-refractivity contribution in [3.63, 3.8) is 0 Å².